The fourth-order valence-electron chi connectivity index (χ4n) is 7.02. The van der Waals surface area contributed by atoms with Crippen molar-refractivity contribution in [2.75, 3.05) is 34.3 Å². The molecule has 0 fully saturated rings. The minimum absolute atomic E-state index is 0.107. The number of allylic oxidation sites excluding steroid dienone is 2. The van der Waals surface area contributed by atoms with Gasteiger partial charge in [-0.15, -0.1) is 0 Å². The normalized spacial score (nSPS) is 15.0. The minimum atomic E-state index is -4.90. The second kappa shape index (κ2) is 35.1. The van der Waals surface area contributed by atoms with Gasteiger partial charge in [-0.3, -0.25) is 19.0 Å². The molecule has 0 aliphatic heterocycles. The number of aliphatic hydroxyl groups excluding tert-OH is 2. The number of unbranched alkanes of at least 4 members (excludes halogenated alkanes) is 24. The first-order valence-electron chi connectivity index (χ1n) is 22.4. The third-order valence-corrected chi connectivity index (χ3v) is 11.2. The number of rotatable bonds is 40. The van der Waals surface area contributed by atoms with Crippen molar-refractivity contribution in [3.8, 4) is 0 Å². The van der Waals surface area contributed by atoms with Crippen LogP contribution in [0.25, 0.3) is 0 Å². The van der Waals surface area contributed by atoms with Crippen molar-refractivity contribution < 1.29 is 42.8 Å². The van der Waals surface area contributed by atoms with Crippen LogP contribution in [0.2, 0.25) is 0 Å². The standard InChI is InChI=1S/C44H86NO8P/c1-6-8-10-12-14-16-18-20-22-24-26-28-30-32-34-36-43(48)42(35-33-31-29-27-25-23-21-19-17-15-13-11-9-7-2)44(49)53-54(50,51)52-41(37-40(47)39-46)38-45(3,4)5/h21,23,40-42,46-47H,6-20,22,24-39H2,1-5H3/p+1/b23-21-. The van der Waals surface area contributed by atoms with E-state index in [-0.39, 0.29) is 31.6 Å². The van der Waals surface area contributed by atoms with E-state index in [0.717, 1.165) is 51.4 Å². The van der Waals surface area contributed by atoms with E-state index in [2.05, 4.69) is 26.0 Å². The topological polar surface area (TPSA) is 130 Å². The van der Waals surface area contributed by atoms with Crippen LogP contribution in [0.5, 0.6) is 0 Å². The van der Waals surface area contributed by atoms with Gasteiger partial charge in [0.25, 0.3) is 0 Å². The zero-order valence-electron chi connectivity index (χ0n) is 35.8. The predicted octanol–water partition coefficient (Wildman–Crippen LogP) is 11.6. The molecule has 0 saturated heterocycles. The number of carbonyl (C=O) groups is 2. The average Bonchev–Trinajstić information content (AvgIpc) is 3.10. The molecule has 4 unspecified atom stereocenters. The maximum absolute atomic E-state index is 13.4. The number of Topliss-reactive ketones (excluding diaryl/α,β-unsaturated/α-hetero) is 1. The van der Waals surface area contributed by atoms with E-state index in [1.807, 2.05) is 21.1 Å². The van der Waals surface area contributed by atoms with Gasteiger partial charge in [0.1, 0.15) is 24.3 Å². The first-order valence-corrected chi connectivity index (χ1v) is 23.9. The summed E-state index contributed by atoms with van der Waals surface area (Å²) in [5.41, 5.74) is 0. The van der Waals surface area contributed by atoms with Crippen LogP contribution in [0.15, 0.2) is 12.2 Å². The summed E-state index contributed by atoms with van der Waals surface area (Å²) in [6.07, 6.45) is 34.7. The van der Waals surface area contributed by atoms with Gasteiger partial charge in [-0.2, -0.15) is 0 Å². The SMILES string of the molecule is CCCCCCCC/C=C\CCCCCCC(C(=O)CCCCCCCCCCCCCCCCC)C(=O)OP(=O)(O)OC(CC(O)CO)C[N+](C)(C)C. The Morgan fingerprint density at radius 3 is 1.48 bits per heavy atom. The molecule has 320 valence electrons. The molecule has 0 heterocycles. The summed E-state index contributed by atoms with van der Waals surface area (Å²) >= 11 is 0. The number of hydrogen-bond donors (Lipinski definition) is 3. The van der Waals surface area contributed by atoms with Crippen molar-refractivity contribution in [2.24, 2.45) is 5.92 Å². The summed E-state index contributed by atoms with van der Waals surface area (Å²) in [6.45, 7) is 4.20. The van der Waals surface area contributed by atoms with Crippen molar-refractivity contribution in [1.82, 2.24) is 0 Å². The molecular weight excluding hydrogens is 701 g/mol. The summed E-state index contributed by atoms with van der Waals surface area (Å²) in [5, 5.41) is 19.3. The Kier molecular flexibility index (Phi) is 34.4. The third-order valence-electron chi connectivity index (χ3n) is 10.2. The molecule has 0 radical (unpaired) electrons. The summed E-state index contributed by atoms with van der Waals surface area (Å²) in [6, 6.07) is 0. The Morgan fingerprint density at radius 1 is 0.648 bits per heavy atom. The second-order valence-electron chi connectivity index (χ2n) is 16.9. The third kappa shape index (κ3) is 34.2. The fourth-order valence-corrected chi connectivity index (χ4v) is 7.95. The van der Waals surface area contributed by atoms with Gasteiger partial charge >= 0.3 is 13.8 Å². The van der Waals surface area contributed by atoms with Crippen LogP contribution in [0.4, 0.5) is 0 Å². The number of carbonyl (C=O) groups excluding carboxylic acids is 2. The van der Waals surface area contributed by atoms with Crippen molar-refractivity contribution in [3.05, 3.63) is 12.2 Å². The lowest BCUT2D eigenvalue weighted by atomic mass is 9.93. The highest BCUT2D eigenvalue weighted by molar-refractivity contribution is 7.48. The number of likely N-dealkylation sites (N-methyl/N-ethyl adjacent to an activating group) is 1. The van der Waals surface area contributed by atoms with Gasteiger partial charge in [0.2, 0.25) is 0 Å². The van der Waals surface area contributed by atoms with Gasteiger partial charge in [0.15, 0.2) is 0 Å². The molecule has 0 bridgehead atoms. The summed E-state index contributed by atoms with van der Waals surface area (Å²) in [5.74, 6) is -2.38. The molecule has 0 amide bonds. The van der Waals surface area contributed by atoms with Crippen molar-refractivity contribution in [1.29, 1.82) is 0 Å². The Balaban J connectivity index is 4.86. The highest BCUT2D eigenvalue weighted by Crippen LogP contribution is 2.46. The molecule has 10 heteroatoms. The number of quaternary nitrogens is 1. The van der Waals surface area contributed by atoms with Gasteiger partial charge in [0.05, 0.1) is 33.9 Å². The molecule has 0 spiro atoms. The number of ketones is 1. The predicted molar refractivity (Wildman–Crippen MR) is 224 cm³/mol. The number of nitrogens with zero attached hydrogens (tertiary/aromatic N) is 1. The summed E-state index contributed by atoms with van der Waals surface area (Å²) in [7, 11) is 0.670. The highest BCUT2D eigenvalue weighted by Gasteiger charge is 2.38. The molecule has 4 atom stereocenters. The largest absolute Gasteiger partial charge is 0.530 e. The van der Waals surface area contributed by atoms with Gasteiger partial charge in [-0.1, -0.05) is 167 Å². The van der Waals surface area contributed by atoms with Gasteiger partial charge in [-0.05, 0) is 38.5 Å². The molecule has 3 N–H and O–H groups in total. The molecule has 54 heavy (non-hydrogen) atoms. The number of phosphoric acid groups is 1. The second-order valence-corrected chi connectivity index (χ2v) is 18.2. The Hall–Kier alpha value is -1.09. The van der Waals surface area contributed by atoms with Crippen LogP contribution in [0, 0.1) is 5.92 Å². The molecule has 0 saturated carbocycles. The van der Waals surface area contributed by atoms with E-state index in [4.69, 9.17) is 9.05 Å². The number of hydrogen-bond acceptors (Lipinski definition) is 7. The van der Waals surface area contributed by atoms with E-state index in [1.54, 1.807) is 0 Å². The first-order chi connectivity index (χ1) is 25.8. The molecular formula is C44H87NO8P+. The lowest BCUT2D eigenvalue weighted by molar-refractivity contribution is -0.873. The zero-order valence-corrected chi connectivity index (χ0v) is 36.7. The van der Waals surface area contributed by atoms with Crippen LogP contribution in [0.3, 0.4) is 0 Å². The van der Waals surface area contributed by atoms with Crippen LogP contribution >= 0.6 is 7.82 Å². The van der Waals surface area contributed by atoms with Gasteiger partial charge in [-0.25, -0.2) is 4.57 Å². The van der Waals surface area contributed by atoms with E-state index in [9.17, 15) is 29.3 Å². The van der Waals surface area contributed by atoms with Crippen molar-refractivity contribution >= 4 is 19.6 Å². The highest BCUT2D eigenvalue weighted by atomic mass is 31.2. The summed E-state index contributed by atoms with van der Waals surface area (Å²) < 4.78 is 23.8. The van der Waals surface area contributed by atoms with Crippen LogP contribution < -0.4 is 0 Å². The van der Waals surface area contributed by atoms with Crippen LogP contribution in [-0.4, -0.2) is 77.8 Å². The molecule has 9 nitrogen and oxygen atoms in total. The number of aliphatic hydroxyl groups is 2. The lowest BCUT2D eigenvalue weighted by Crippen LogP contribution is -2.43. The molecule has 0 aromatic rings. The fraction of sp³-hybridized carbons (Fsp3) is 0.909. The maximum Gasteiger partial charge on any atom is 0.530 e. The molecule has 0 aromatic heterocycles. The minimum Gasteiger partial charge on any atom is -0.394 e. The Morgan fingerprint density at radius 2 is 1.06 bits per heavy atom. The maximum atomic E-state index is 13.4. The molecule has 0 aliphatic rings. The quantitative estimate of drug-likeness (QED) is 0.0184. The van der Waals surface area contributed by atoms with E-state index < -0.39 is 38.5 Å². The average molecular weight is 789 g/mol. The van der Waals surface area contributed by atoms with Crippen molar-refractivity contribution in [2.45, 2.75) is 219 Å². The Bertz CT molecular complexity index is 969. The lowest BCUT2D eigenvalue weighted by Gasteiger charge is -2.30. The van der Waals surface area contributed by atoms with Gasteiger partial charge < -0.3 is 19.2 Å². The van der Waals surface area contributed by atoms with Gasteiger partial charge in [0, 0.05) is 12.8 Å². The monoisotopic (exact) mass is 789 g/mol. The van der Waals surface area contributed by atoms with E-state index in [1.165, 1.54) is 109 Å². The number of phosphoric ester groups is 1. The van der Waals surface area contributed by atoms with E-state index >= 15 is 0 Å². The van der Waals surface area contributed by atoms with Crippen LogP contribution in [-0.2, 0) is 23.2 Å². The smallest absolute Gasteiger partial charge is 0.394 e. The Labute approximate surface area is 332 Å². The van der Waals surface area contributed by atoms with Crippen LogP contribution in [0.1, 0.15) is 206 Å². The first kappa shape index (κ1) is 52.9. The molecule has 0 rings (SSSR count). The molecule has 0 aliphatic carbocycles. The van der Waals surface area contributed by atoms with Crippen molar-refractivity contribution in [3.63, 3.8) is 0 Å². The molecule has 0 aromatic carbocycles. The zero-order chi connectivity index (χ0) is 40.3. The van der Waals surface area contributed by atoms with E-state index in [0.29, 0.717) is 17.3 Å². The summed E-state index contributed by atoms with van der Waals surface area (Å²) in [4.78, 5) is 37.3.